The van der Waals surface area contributed by atoms with Crippen LogP contribution in [0.15, 0.2) is 60.7 Å². The van der Waals surface area contributed by atoms with Crippen molar-refractivity contribution < 1.29 is 37.7 Å². The summed E-state index contributed by atoms with van der Waals surface area (Å²) in [6, 6.07) is 20.8. The molecule has 13 heavy (non-hydrogen) atoms. The summed E-state index contributed by atoms with van der Waals surface area (Å²) in [6.07, 6.45) is 0. The predicted octanol–water partition coefficient (Wildman–Crippen LogP) is 3.35. The fraction of sp³-hybridized carbons (Fsp3) is 0. The molecule has 0 fully saturated rings. The van der Waals surface area contributed by atoms with E-state index in [1.165, 1.54) is 11.1 Å². The van der Waals surface area contributed by atoms with Gasteiger partial charge >= 0.3 is 0 Å². The second kappa shape index (κ2) is 5.43. The molecule has 0 atom stereocenters. The van der Waals surface area contributed by atoms with Gasteiger partial charge in [-0.15, -0.1) is 0 Å². The van der Waals surface area contributed by atoms with Crippen molar-refractivity contribution in [3.63, 3.8) is 0 Å². The average molecular weight is 194 g/mol. The standard InChI is InChI=1S/C12H10.Ar/c1-3-7-11(8-4-1)12-9-5-2-6-10-12;/h1-10H;. The Labute approximate surface area is 109 Å². The molecule has 0 nitrogen and oxygen atoms in total. The molecule has 0 saturated heterocycles. The molecule has 0 saturated carbocycles. The smallest absolute Gasteiger partial charge is 0 e. The van der Waals surface area contributed by atoms with Crippen LogP contribution in [0.3, 0.4) is 0 Å². The maximum Gasteiger partial charge on any atom is 0 e. The molecule has 0 unspecified atom stereocenters. The van der Waals surface area contributed by atoms with Crippen LogP contribution in [0.5, 0.6) is 0 Å². The Kier molecular flexibility index (Phi) is 4.51. The minimum Gasteiger partial charge on any atom is -0.0622 e. The minimum absolute atomic E-state index is 0. The number of hydrogen-bond acceptors (Lipinski definition) is 0. The Morgan fingerprint density at radius 3 is 1.08 bits per heavy atom. The Bertz CT molecular complexity index is 303. The van der Waals surface area contributed by atoms with Gasteiger partial charge in [-0.05, 0) is 11.1 Å². The summed E-state index contributed by atoms with van der Waals surface area (Å²) in [7, 11) is 0. The third-order valence-corrected chi connectivity index (χ3v) is 1.88. The maximum absolute atomic E-state index is 2.12. The van der Waals surface area contributed by atoms with E-state index in [1.54, 1.807) is 0 Å². The van der Waals surface area contributed by atoms with Crippen LogP contribution >= 0.6 is 0 Å². The number of hydrogen-bond donors (Lipinski definition) is 0. The number of benzene rings is 2. The van der Waals surface area contributed by atoms with E-state index in [0.717, 1.165) is 0 Å². The third kappa shape index (κ3) is 2.84. The summed E-state index contributed by atoms with van der Waals surface area (Å²) in [6.45, 7) is 0. The third-order valence-electron chi connectivity index (χ3n) is 1.88. The molecule has 2 rings (SSSR count). The molecule has 0 aliphatic carbocycles. The van der Waals surface area contributed by atoms with Crippen molar-refractivity contribution in [1.29, 1.82) is 0 Å². The monoisotopic (exact) mass is 194 g/mol. The molecule has 0 spiro atoms. The SMILES string of the molecule is [Ar].c1ccc(-c2ccccc2)cc1. The molecule has 66 valence electrons. The van der Waals surface area contributed by atoms with E-state index >= 15 is 0 Å². The Morgan fingerprint density at radius 2 is 0.769 bits per heavy atom. The Hall–Kier alpha value is -0.300. The van der Waals surface area contributed by atoms with Crippen molar-refractivity contribution in [2.24, 2.45) is 0 Å². The molecule has 0 aliphatic heterocycles. The van der Waals surface area contributed by atoms with Crippen LogP contribution in [-0.4, -0.2) is 0 Å². The van der Waals surface area contributed by atoms with E-state index in [2.05, 4.69) is 48.5 Å². The average Bonchev–Trinajstić information content (AvgIpc) is 2.21. The van der Waals surface area contributed by atoms with Gasteiger partial charge in [0.15, 0.2) is 0 Å². The zero-order valence-electron chi connectivity index (χ0n) is 7.13. The zero-order chi connectivity index (χ0) is 8.23. The summed E-state index contributed by atoms with van der Waals surface area (Å²) >= 11 is 0. The summed E-state index contributed by atoms with van der Waals surface area (Å²) < 4.78 is 0. The van der Waals surface area contributed by atoms with Gasteiger partial charge in [0.25, 0.3) is 0 Å². The molecule has 2 aromatic carbocycles. The van der Waals surface area contributed by atoms with Crippen molar-refractivity contribution in [1.82, 2.24) is 0 Å². The maximum atomic E-state index is 2.12. The summed E-state index contributed by atoms with van der Waals surface area (Å²) in [4.78, 5) is 0. The van der Waals surface area contributed by atoms with Crippen molar-refractivity contribution in [3.05, 3.63) is 60.7 Å². The normalized spacial score (nSPS) is 8.92. The van der Waals surface area contributed by atoms with Gasteiger partial charge in [0.05, 0.1) is 0 Å². The first-order chi connectivity index (χ1) is 5.97. The second-order valence-corrected chi connectivity index (χ2v) is 2.73. The molecular formula is C12H10Ar. The quantitative estimate of drug-likeness (QED) is 0.653. The molecule has 2 aromatic rings. The first-order valence-electron chi connectivity index (χ1n) is 4.07. The van der Waals surface area contributed by atoms with Crippen LogP contribution < -0.4 is 0 Å². The van der Waals surface area contributed by atoms with Gasteiger partial charge in [-0.2, -0.15) is 0 Å². The van der Waals surface area contributed by atoms with Gasteiger partial charge in [-0.3, -0.25) is 0 Å². The van der Waals surface area contributed by atoms with Crippen molar-refractivity contribution in [2.45, 2.75) is 0 Å². The van der Waals surface area contributed by atoms with Gasteiger partial charge < -0.3 is 0 Å². The molecule has 0 radical (unpaired) electrons. The van der Waals surface area contributed by atoms with Gasteiger partial charge in [0.1, 0.15) is 0 Å². The molecule has 1 heteroatoms. The molecule has 0 heterocycles. The predicted molar refractivity (Wildman–Crippen MR) is 51.9 cm³/mol. The fourth-order valence-electron chi connectivity index (χ4n) is 1.26. The van der Waals surface area contributed by atoms with Crippen molar-refractivity contribution in [3.8, 4) is 11.1 Å². The summed E-state index contributed by atoms with van der Waals surface area (Å²) in [5.74, 6) is 0. The van der Waals surface area contributed by atoms with E-state index in [9.17, 15) is 0 Å². The fourth-order valence-corrected chi connectivity index (χ4v) is 1.26. The van der Waals surface area contributed by atoms with Crippen LogP contribution in [0, 0.1) is 37.7 Å². The summed E-state index contributed by atoms with van der Waals surface area (Å²) in [5, 5.41) is 0. The van der Waals surface area contributed by atoms with Crippen LogP contribution in [0.1, 0.15) is 0 Å². The van der Waals surface area contributed by atoms with E-state index in [0.29, 0.717) is 0 Å². The van der Waals surface area contributed by atoms with Crippen LogP contribution in [-0.2, 0) is 0 Å². The van der Waals surface area contributed by atoms with Gasteiger partial charge in [0, 0.05) is 37.7 Å². The second-order valence-electron chi connectivity index (χ2n) is 2.73. The van der Waals surface area contributed by atoms with E-state index in [-0.39, 0.29) is 37.7 Å². The van der Waals surface area contributed by atoms with Crippen LogP contribution in [0.25, 0.3) is 11.1 Å². The molecular weight excluding hydrogens is 184 g/mol. The van der Waals surface area contributed by atoms with E-state index in [4.69, 9.17) is 0 Å². The van der Waals surface area contributed by atoms with Crippen molar-refractivity contribution in [2.75, 3.05) is 0 Å². The molecule has 0 amide bonds. The Morgan fingerprint density at radius 1 is 0.462 bits per heavy atom. The van der Waals surface area contributed by atoms with Crippen LogP contribution in [0.4, 0.5) is 0 Å². The molecule has 0 aliphatic rings. The van der Waals surface area contributed by atoms with E-state index < -0.39 is 0 Å². The zero-order valence-corrected chi connectivity index (χ0v) is 7.83. The van der Waals surface area contributed by atoms with E-state index in [1.807, 2.05) is 12.1 Å². The largest absolute Gasteiger partial charge is 0.0622 e. The first kappa shape index (κ1) is 10.8. The summed E-state index contributed by atoms with van der Waals surface area (Å²) in [5.41, 5.74) is 2.55. The van der Waals surface area contributed by atoms with Gasteiger partial charge in [0.2, 0.25) is 0 Å². The molecule has 0 bridgehead atoms. The molecule has 0 N–H and O–H groups in total. The van der Waals surface area contributed by atoms with Gasteiger partial charge in [-0.1, -0.05) is 60.7 Å². The number of rotatable bonds is 1. The minimum atomic E-state index is 0. The van der Waals surface area contributed by atoms with Gasteiger partial charge in [-0.25, -0.2) is 0 Å². The van der Waals surface area contributed by atoms with Crippen molar-refractivity contribution >= 4 is 0 Å². The van der Waals surface area contributed by atoms with Crippen LogP contribution in [0.2, 0.25) is 0 Å². The topological polar surface area (TPSA) is 0 Å². The first-order valence-corrected chi connectivity index (χ1v) is 4.07. The Balaban J connectivity index is 0.000000845. The molecule has 0 aromatic heterocycles.